The number of hydrogen-bond donors (Lipinski definition) is 2. The van der Waals surface area contributed by atoms with Gasteiger partial charge in [0.05, 0.1) is 11.6 Å². The van der Waals surface area contributed by atoms with Crippen LogP contribution in [-0.4, -0.2) is 17.0 Å². The number of carboxylic acid groups (broad SMARTS) is 1. The molecule has 1 fully saturated rings. The van der Waals surface area contributed by atoms with Crippen LogP contribution in [0.25, 0.3) is 0 Å². The number of carbonyl (C=O) groups excluding carboxylic acids is 1. The van der Waals surface area contributed by atoms with Gasteiger partial charge >= 0.3 is 5.97 Å². The second-order valence-corrected chi connectivity index (χ2v) is 6.61. The number of hydrogen-bond acceptors (Lipinski definition) is 2. The van der Waals surface area contributed by atoms with E-state index in [0.717, 1.165) is 22.1 Å². The molecule has 1 aromatic rings. The highest BCUT2D eigenvalue weighted by atomic mass is 127. The number of benzene rings is 1. The summed E-state index contributed by atoms with van der Waals surface area (Å²) < 4.78 is 0.869. The lowest BCUT2D eigenvalue weighted by Gasteiger charge is -2.25. The van der Waals surface area contributed by atoms with Gasteiger partial charge in [0, 0.05) is 14.5 Å². The van der Waals surface area contributed by atoms with Gasteiger partial charge in [-0.05, 0) is 60.1 Å². The highest BCUT2D eigenvalue weighted by Gasteiger charge is 2.31. The first-order chi connectivity index (χ1) is 9.47. The predicted octanol–water partition coefficient (Wildman–Crippen LogP) is 3.77. The molecule has 6 heteroatoms. The van der Waals surface area contributed by atoms with Crippen LogP contribution in [-0.2, 0) is 9.59 Å². The average Bonchev–Trinajstić information content (AvgIpc) is 2.42. The molecule has 4 nitrogen and oxygen atoms in total. The van der Waals surface area contributed by atoms with Crippen molar-refractivity contribution >= 4 is 51.8 Å². The van der Waals surface area contributed by atoms with Crippen LogP contribution in [0.1, 0.15) is 25.7 Å². The van der Waals surface area contributed by atoms with Crippen molar-refractivity contribution in [3.8, 4) is 0 Å². The molecule has 0 spiro atoms. The molecule has 1 aliphatic rings. The number of anilines is 1. The van der Waals surface area contributed by atoms with Crippen LogP contribution in [0, 0.1) is 15.4 Å². The van der Waals surface area contributed by atoms with Gasteiger partial charge in [0.1, 0.15) is 0 Å². The normalized spacial score (nSPS) is 22.3. The molecular formula is C14H15ClINO3. The monoisotopic (exact) mass is 407 g/mol. The van der Waals surface area contributed by atoms with Gasteiger partial charge in [-0.1, -0.05) is 18.0 Å². The summed E-state index contributed by atoms with van der Waals surface area (Å²) in [5.41, 5.74) is 0.720. The molecule has 2 atom stereocenters. The molecule has 0 radical (unpaired) electrons. The van der Waals surface area contributed by atoms with E-state index in [-0.39, 0.29) is 11.8 Å². The first-order valence-corrected chi connectivity index (χ1v) is 7.91. The van der Waals surface area contributed by atoms with E-state index in [9.17, 15) is 9.59 Å². The number of nitrogens with one attached hydrogen (secondary N) is 1. The fourth-order valence-corrected chi connectivity index (χ4v) is 3.48. The predicted molar refractivity (Wildman–Crippen MR) is 85.9 cm³/mol. The van der Waals surface area contributed by atoms with Crippen molar-refractivity contribution in [1.29, 1.82) is 0 Å². The Morgan fingerprint density at radius 1 is 1.30 bits per heavy atom. The highest BCUT2D eigenvalue weighted by molar-refractivity contribution is 14.1. The molecule has 1 aromatic carbocycles. The van der Waals surface area contributed by atoms with Gasteiger partial charge in [0.15, 0.2) is 0 Å². The number of halogens is 2. The average molecular weight is 408 g/mol. The smallest absolute Gasteiger partial charge is 0.306 e. The zero-order chi connectivity index (χ0) is 14.7. The third-order valence-electron chi connectivity index (χ3n) is 3.58. The van der Waals surface area contributed by atoms with Crippen molar-refractivity contribution in [2.24, 2.45) is 11.8 Å². The maximum atomic E-state index is 12.2. The van der Waals surface area contributed by atoms with Crippen molar-refractivity contribution in [1.82, 2.24) is 0 Å². The lowest BCUT2D eigenvalue weighted by Crippen LogP contribution is -2.31. The van der Waals surface area contributed by atoms with E-state index in [1.165, 1.54) is 0 Å². The Hall–Kier alpha value is -0.820. The minimum Gasteiger partial charge on any atom is -0.481 e. The van der Waals surface area contributed by atoms with Crippen LogP contribution < -0.4 is 5.32 Å². The summed E-state index contributed by atoms with van der Waals surface area (Å²) >= 11 is 7.99. The molecule has 0 aromatic heterocycles. The zero-order valence-corrected chi connectivity index (χ0v) is 13.6. The van der Waals surface area contributed by atoms with Gasteiger partial charge in [0.2, 0.25) is 5.91 Å². The maximum Gasteiger partial charge on any atom is 0.306 e. The minimum atomic E-state index is -0.802. The van der Waals surface area contributed by atoms with Gasteiger partial charge < -0.3 is 10.4 Å². The van der Waals surface area contributed by atoms with Crippen LogP contribution in [0.2, 0.25) is 5.02 Å². The summed E-state index contributed by atoms with van der Waals surface area (Å²) in [6.45, 7) is 0. The van der Waals surface area contributed by atoms with Gasteiger partial charge in [0.25, 0.3) is 0 Å². The van der Waals surface area contributed by atoms with Gasteiger partial charge in [-0.2, -0.15) is 0 Å². The molecule has 1 aliphatic carbocycles. The number of carbonyl (C=O) groups is 2. The van der Waals surface area contributed by atoms with Crippen LogP contribution >= 0.6 is 34.2 Å². The SMILES string of the molecule is O=C(O)C1CCCC(C(=O)Nc2ccc(Cl)cc2I)C1. The van der Waals surface area contributed by atoms with Crippen LogP contribution in [0.5, 0.6) is 0 Å². The molecule has 0 aliphatic heterocycles. The van der Waals surface area contributed by atoms with Crippen LogP contribution in [0.4, 0.5) is 5.69 Å². The Labute approximate surface area is 136 Å². The summed E-state index contributed by atoms with van der Waals surface area (Å²) in [6.07, 6.45) is 2.62. The van der Waals surface area contributed by atoms with Crippen molar-refractivity contribution in [2.75, 3.05) is 5.32 Å². The van der Waals surface area contributed by atoms with Crippen molar-refractivity contribution in [3.63, 3.8) is 0 Å². The van der Waals surface area contributed by atoms with E-state index >= 15 is 0 Å². The Balaban J connectivity index is 2.02. The van der Waals surface area contributed by atoms with Gasteiger partial charge in [-0.3, -0.25) is 9.59 Å². The van der Waals surface area contributed by atoms with E-state index in [1.807, 2.05) is 0 Å². The number of aliphatic carboxylic acids is 1. The van der Waals surface area contributed by atoms with E-state index in [2.05, 4.69) is 27.9 Å². The van der Waals surface area contributed by atoms with E-state index in [0.29, 0.717) is 17.9 Å². The number of carboxylic acids is 1. The Kier molecular flexibility index (Phi) is 5.26. The number of amides is 1. The maximum absolute atomic E-state index is 12.2. The van der Waals surface area contributed by atoms with Crippen molar-refractivity contribution in [2.45, 2.75) is 25.7 Å². The lowest BCUT2D eigenvalue weighted by molar-refractivity contribution is -0.143. The third-order valence-corrected chi connectivity index (χ3v) is 4.71. The first-order valence-electron chi connectivity index (χ1n) is 6.46. The van der Waals surface area contributed by atoms with Gasteiger partial charge in [-0.25, -0.2) is 0 Å². The molecular weight excluding hydrogens is 393 g/mol. The van der Waals surface area contributed by atoms with Crippen molar-refractivity contribution < 1.29 is 14.7 Å². The molecule has 20 heavy (non-hydrogen) atoms. The van der Waals surface area contributed by atoms with E-state index < -0.39 is 11.9 Å². The molecule has 1 saturated carbocycles. The van der Waals surface area contributed by atoms with Crippen LogP contribution in [0.3, 0.4) is 0 Å². The topological polar surface area (TPSA) is 66.4 Å². The summed E-state index contributed by atoms with van der Waals surface area (Å²) in [6, 6.07) is 5.26. The van der Waals surface area contributed by atoms with E-state index in [1.54, 1.807) is 18.2 Å². The Bertz CT molecular complexity index is 535. The largest absolute Gasteiger partial charge is 0.481 e. The fraction of sp³-hybridized carbons (Fsp3) is 0.429. The molecule has 2 rings (SSSR count). The lowest BCUT2D eigenvalue weighted by atomic mass is 9.81. The number of rotatable bonds is 3. The fourth-order valence-electron chi connectivity index (χ4n) is 2.48. The molecule has 0 heterocycles. The first kappa shape index (κ1) is 15.6. The summed E-state index contributed by atoms with van der Waals surface area (Å²) in [5, 5.41) is 12.5. The molecule has 108 valence electrons. The molecule has 2 unspecified atom stereocenters. The Morgan fingerprint density at radius 3 is 2.65 bits per heavy atom. The second kappa shape index (κ2) is 6.76. The summed E-state index contributed by atoms with van der Waals surface area (Å²) in [5.74, 6) is -1.53. The minimum absolute atomic E-state index is 0.101. The van der Waals surface area contributed by atoms with Crippen LogP contribution in [0.15, 0.2) is 18.2 Å². The molecule has 0 bridgehead atoms. The summed E-state index contributed by atoms with van der Waals surface area (Å²) in [7, 11) is 0. The van der Waals surface area contributed by atoms with Gasteiger partial charge in [-0.15, -0.1) is 0 Å². The standard InChI is InChI=1S/C14H15ClINO3/c15-10-4-5-12(11(16)7-10)17-13(18)8-2-1-3-9(6-8)14(19)20/h4-5,7-9H,1-3,6H2,(H,17,18)(H,19,20). The van der Waals surface area contributed by atoms with Crippen molar-refractivity contribution in [3.05, 3.63) is 26.8 Å². The van der Waals surface area contributed by atoms with E-state index in [4.69, 9.17) is 16.7 Å². The summed E-state index contributed by atoms with van der Waals surface area (Å²) in [4.78, 5) is 23.3. The molecule has 0 saturated heterocycles. The second-order valence-electron chi connectivity index (χ2n) is 5.01. The third kappa shape index (κ3) is 3.85. The zero-order valence-electron chi connectivity index (χ0n) is 10.7. The highest BCUT2D eigenvalue weighted by Crippen LogP contribution is 2.31. The quantitative estimate of drug-likeness (QED) is 0.750. The molecule has 1 amide bonds. The Morgan fingerprint density at radius 2 is 2.00 bits per heavy atom. The molecule has 2 N–H and O–H groups in total.